The van der Waals surface area contributed by atoms with Gasteiger partial charge >= 0.3 is 5.97 Å². The molecule has 0 spiro atoms. The van der Waals surface area contributed by atoms with Gasteiger partial charge in [-0.05, 0) is 17.7 Å². The number of ether oxygens (including phenoxy) is 1. The Morgan fingerprint density at radius 1 is 1.60 bits per heavy atom. The highest BCUT2D eigenvalue weighted by atomic mass is 16.5. The number of benzene rings is 1. The maximum atomic E-state index is 11.3. The lowest BCUT2D eigenvalue weighted by Gasteiger charge is -1.96. The van der Waals surface area contributed by atoms with Crippen molar-refractivity contribution in [1.82, 2.24) is 10.2 Å². The van der Waals surface area contributed by atoms with Crippen LogP contribution < -0.4 is 0 Å². The van der Waals surface area contributed by atoms with E-state index in [0.29, 0.717) is 10.9 Å². The summed E-state index contributed by atoms with van der Waals surface area (Å²) in [5, 5.41) is 16.2. The number of aromatic nitrogens is 2. The molecule has 15 heavy (non-hydrogen) atoms. The number of rotatable bonds is 2. The molecule has 2 N–H and O–H groups in total. The molecule has 0 saturated carbocycles. The Kier molecular flexibility index (Phi) is 2.39. The van der Waals surface area contributed by atoms with Crippen molar-refractivity contribution in [1.29, 1.82) is 0 Å². The van der Waals surface area contributed by atoms with E-state index in [4.69, 9.17) is 5.11 Å². The molecule has 1 heterocycles. The van der Waals surface area contributed by atoms with Gasteiger partial charge in [-0.3, -0.25) is 5.10 Å². The van der Waals surface area contributed by atoms with Gasteiger partial charge in [-0.15, -0.1) is 0 Å². The molecule has 5 heteroatoms. The molecular formula is C10H10N2O3. The van der Waals surface area contributed by atoms with E-state index in [1.54, 1.807) is 18.2 Å². The lowest BCUT2D eigenvalue weighted by Crippen LogP contribution is -2.01. The van der Waals surface area contributed by atoms with E-state index < -0.39 is 5.97 Å². The summed E-state index contributed by atoms with van der Waals surface area (Å²) in [5.41, 5.74) is 1.74. The first-order valence-electron chi connectivity index (χ1n) is 4.42. The van der Waals surface area contributed by atoms with Crippen LogP contribution >= 0.6 is 0 Å². The van der Waals surface area contributed by atoms with E-state index >= 15 is 0 Å². The van der Waals surface area contributed by atoms with E-state index in [9.17, 15) is 4.79 Å². The summed E-state index contributed by atoms with van der Waals surface area (Å²) in [6.45, 7) is -0.0392. The first kappa shape index (κ1) is 9.67. The number of esters is 1. The van der Waals surface area contributed by atoms with Gasteiger partial charge in [-0.1, -0.05) is 6.07 Å². The summed E-state index contributed by atoms with van der Waals surface area (Å²) < 4.78 is 4.59. The molecule has 1 aromatic carbocycles. The Balaban J connectivity index is 2.57. The van der Waals surface area contributed by atoms with Gasteiger partial charge in [0.1, 0.15) is 0 Å². The predicted octanol–water partition coefficient (Wildman–Crippen LogP) is 0.842. The van der Waals surface area contributed by atoms with Crippen LogP contribution in [0.15, 0.2) is 18.2 Å². The highest BCUT2D eigenvalue weighted by molar-refractivity contribution is 6.01. The number of aliphatic hydroxyl groups is 1. The van der Waals surface area contributed by atoms with Gasteiger partial charge < -0.3 is 9.84 Å². The van der Waals surface area contributed by atoms with Gasteiger partial charge in [-0.25, -0.2) is 4.79 Å². The summed E-state index contributed by atoms with van der Waals surface area (Å²) in [6, 6.07) is 5.22. The van der Waals surface area contributed by atoms with Gasteiger partial charge in [0, 0.05) is 5.39 Å². The maximum Gasteiger partial charge on any atom is 0.359 e. The van der Waals surface area contributed by atoms with Gasteiger partial charge in [0.05, 0.1) is 19.2 Å². The molecule has 0 atom stereocenters. The standard InChI is InChI=1S/C10H10N2O3/c1-15-10(14)9-7-3-2-6(5-13)4-8(7)11-12-9/h2-4,13H,5H2,1H3,(H,11,12). The average molecular weight is 206 g/mol. The first-order chi connectivity index (χ1) is 7.26. The number of carbonyl (C=O) groups excluding carboxylic acids is 1. The third kappa shape index (κ3) is 1.57. The fourth-order valence-electron chi connectivity index (χ4n) is 1.42. The van der Waals surface area contributed by atoms with Crippen molar-refractivity contribution in [3.63, 3.8) is 0 Å². The third-order valence-corrected chi connectivity index (χ3v) is 2.19. The zero-order chi connectivity index (χ0) is 10.8. The van der Waals surface area contributed by atoms with E-state index in [2.05, 4.69) is 14.9 Å². The third-order valence-electron chi connectivity index (χ3n) is 2.19. The van der Waals surface area contributed by atoms with Crippen molar-refractivity contribution < 1.29 is 14.6 Å². The van der Waals surface area contributed by atoms with Crippen LogP contribution in [0.5, 0.6) is 0 Å². The molecule has 0 fully saturated rings. The highest BCUT2D eigenvalue weighted by Gasteiger charge is 2.13. The van der Waals surface area contributed by atoms with Crippen LogP contribution in [0.25, 0.3) is 10.9 Å². The normalized spacial score (nSPS) is 10.5. The number of hydrogen-bond acceptors (Lipinski definition) is 4. The van der Waals surface area contributed by atoms with E-state index in [1.165, 1.54) is 7.11 Å². The van der Waals surface area contributed by atoms with Crippen LogP contribution in [0, 0.1) is 0 Å². The molecule has 0 radical (unpaired) electrons. The van der Waals surface area contributed by atoms with Crippen molar-refractivity contribution in [2.75, 3.05) is 7.11 Å². The number of carbonyl (C=O) groups is 1. The number of hydrogen-bond donors (Lipinski definition) is 2. The van der Waals surface area contributed by atoms with E-state index in [-0.39, 0.29) is 12.3 Å². The van der Waals surface area contributed by atoms with E-state index in [1.807, 2.05) is 0 Å². The van der Waals surface area contributed by atoms with Crippen molar-refractivity contribution in [2.24, 2.45) is 0 Å². The van der Waals surface area contributed by atoms with Crippen molar-refractivity contribution >= 4 is 16.9 Å². The predicted molar refractivity (Wildman–Crippen MR) is 53.4 cm³/mol. The van der Waals surface area contributed by atoms with Crippen LogP contribution in [-0.4, -0.2) is 28.4 Å². The van der Waals surface area contributed by atoms with Gasteiger partial charge in [0.2, 0.25) is 0 Å². The van der Waals surface area contributed by atoms with Crippen molar-refractivity contribution in [3.05, 3.63) is 29.5 Å². The molecule has 5 nitrogen and oxygen atoms in total. The molecule has 0 amide bonds. The SMILES string of the molecule is COC(=O)c1n[nH]c2cc(CO)ccc12. The maximum absolute atomic E-state index is 11.3. The second kappa shape index (κ2) is 3.70. The fraction of sp³-hybridized carbons (Fsp3) is 0.200. The number of nitrogens with zero attached hydrogens (tertiary/aromatic N) is 1. The molecule has 2 rings (SSSR count). The van der Waals surface area contributed by atoms with Crippen molar-refractivity contribution in [2.45, 2.75) is 6.61 Å². The van der Waals surface area contributed by atoms with Crippen LogP contribution in [0.2, 0.25) is 0 Å². The monoisotopic (exact) mass is 206 g/mol. The molecule has 0 bridgehead atoms. The number of aliphatic hydroxyl groups excluding tert-OH is 1. The van der Waals surface area contributed by atoms with Crippen LogP contribution in [0.1, 0.15) is 16.1 Å². The Morgan fingerprint density at radius 3 is 3.07 bits per heavy atom. The lowest BCUT2D eigenvalue weighted by atomic mass is 10.1. The van der Waals surface area contributed by atoms with Crippen LogP contribution in [-0.2, 0) is 11.3 Å². The van der Waals surface area contributed by atoms with Crippen LogP contribution in [0.4, 0.5) is 0 Å². The Bertz CT molecular complexity index is 504. The highest BCUT2D eigenvalue weighted by Crippen LogP contribution is 2.18. The molecule has 0 unspecified atom stereocenters. The fourth-order valence-corrected chi connectivity index (χ4v) is 1.42. The zero-order valence-electron chi connectivity index (χ0n) is 8.15. The smallest absolute Gasteiger partial charge is 0.359 e. The summed E-state index contributed by atoms with van der Waals surface area (Å²) in [6.07, 6.45) is 0. The number of fused-ring (bicyclic) bond motifs is 1. The quantitative estimate of drug-likeness (QED) is 0.714. The Labute approximate surface area is 85.7 Å². The second-order valence-corrected chi connectivity index (χ2v) is 3.10. The minimum atomic E-state index is -0.474. The molecule has 1 aromatic heterocycles. The molecule has 0 aliphatic carbocycles. The molecule has 0 aliphatic rings. The molecular weight excluding hydrogens is 196 g/mol. The van der Waals surface area contributed by atoms with E-state index in [0.717, 1.165) is 5.56 Å². The minimum Gasteiger partial charge on any atom is -0.464 e. The summed E-state index contributed by atoms with van der Waals surface area (Å²) in [4.78, 5) is 11.3. The van der Waals surface area contributed by atoms with Gasteiger partial charge in [0.25, 0.3) is 0 Å². The number of nitrogens with one attached hydrogen (secondary N) is 1. The molecule has 0 saturated heterocycles. The van der Waals surface area contributed by atoms with Gasteiger partial charge in [0.15, 0.2) is 5.69 Å². The number of aromatic amines is 1. The lowest BCUT2D eigenvalue weighted by molar-refractivity contribution is 0.0596. The minimum absolute atomic E-state index is 0.0392. The van der Waals surface area contributed by atoms with Crippen LogP contribution in [0.3, 0.4) is 0 Å². The zero-order valence-corrected chi connectivity index (χ0v) is 8.15. The first-order valence-corrected chi connectivity index (χ1v) is 4.42. The summed E-state index contributed by atoms with van der Waals surface area (Å²) >= 11 is 0. The van der Waals surface area contributed by atoms with Gasteiger partial charge in [-0.2, -0.15) is 5.10 Å². The Hall–Kier alpha value is -1.88. The average Bonchev–Trinajstić information content (AvgIpc) is 2.70. The van der Waals surface area contributed by atoms with Crippen molar-refractivity contribution in [3.8, 4) is 0 Å². The number of H-pyrrole nitrogens is 1. The molecule has 78 valence electrons. The summed E-state index contributed by atoms with van der Waals surface area (Å²) in [5.74, 6) is -0.474. The molecule has 2 aromatic rings. The summed E-state index contributed by atoms with van der Waals surface area (Å²) in [7, 11) is 1.31. The number of methoxy groups -OCH3 is 1. The largest absolute Gasteiger partial charge is 0.464 e. The second-order valence-electron chi connectivity index (χ2n) is 3.10. The topological polar surface area (TPSA) is 75.2 Å². The Morgan fingerprint density at radius 2 is 2.40 bits per heavy atom. The molecule has 0 aliphatic heterocycles.